The van der Waals surface area contributed by atoms with Gasteiger partial charge in [-0.05, 0) is 33.1 Å². The molecule has 0 radical (unpaired) electrons. The van der Waals surface area contributed by atoms with E-state index in [0.717, 1.165) is 10.7 Å². The summed E-state index contributed by atoms with van der Waals surface area (Å²) in [5.74, 6) is -1.08. The predicted octanol–water partition coefficient (Wildman–Crippen LogP) is 0.527. The third kappa shape index (κ3) is 3.91. The van der Waals surface area contributed by atoms with Crippen LogP contribution in [0, 0.1) is 0 Å². The SMILES string of the molecule is COCCN(C(C)C)S(=O)(=O)N1CCCCC1C(=O)O. The van der Waals surface area contributed by atoms with Gasteiger partial charge in [0.05, 0.1) is 6.61 Å². The lowest BCUT2D eigenvalue weighted by atomic mass is 10.1. The molecule has 0 aromatic carbocycles. The number of carboxylic acid groups (broad SMARTS) is 1. The molecule has 118 valence electrons. The Hall–Kier alpha value is -0.700. The minimum Gasteiger partial charge on any atom is -0.480 e. The molecule has 0 bridgehead atoms. The molecule has 0 aliphatic carbocycles. The largest absolute Gasteiger partial charge is 0.480 e. The van der Waals surface area contributed by atoms with E-state index in [2.05, 4.69) is 0 Å². The van der Waals surface area contributed by atoms with Crippen LogP contribution < -0.4 is 0 Å². The van der Waals surface area contributed by atoms with Gasteiger partial charge in [-0.25, -0.2) is 0 Å². The third-order valence-electron chi connectivity index (χ3n) is 3.42. The van der Waals surface area contributed by atoms with Gasteiger partial charge < -0.3 is 9.84 Å². The standard InChI is InChI=1S/C12H24N2O5S/c1-10(2)13(8-9-19-3)20(17,18)14-7-5-4-6-11(14)12(15)16/h10-11H,4-9H2,1-3H3,(H,15,16). The molecular weight excluding hydrogens is 284 g/mol. The first-order valence-corrected chi connectivity index (χ1v) is 8.22. The Bertz CT molecular complexity index is 424. The molecular formula is C12H24N2O5S. The molecule has 1 unspecified atom stereocenters. The van der Waals surface area contributed by atoms with E-state index in [4.69, 9.17) is 4.74 Å². The average Bonchev–Trinajstić information content (AvgIpc) is 2.38. The van der Waals surface area contributed by atoms with Crippen LogP contribution in [0.2, 0.25) is 0 Å². The lowest BCUT2D eigenvalue weighted by molar-refractivity contribution is -0.142. The van der Waals surface area contributed by atoms with Gasteiger partial charge in [0.1, 0.15) is 6.04 Å². The first-order valence-electron chi connectivity index (χ1n) is 6.82. The van der Waals surface area contributed by atoms with Gasteiger partial charge >= 0.3 is 5.97 Å². The quantitative estimate of drug-likeness (QED) is 0.741. The number of hydrogen-bond donors (Lipinski definition) is 1. The second-order valence-corrected chi connectivity index (χ2v) is 7.00. The van der Waals surface area contributed by atoms with Crippen LogP contribution in [0.1, 0.15) is 33.1 Å². The topological polar surface area (TPSA) is 87.2 Å². The highest BCUT2D eigenvalue weighted by molar-refractivity contribution is 7.86. The van der Waals surface area contributed by atoms with E-state index in [1.54, 1.807) is 13.8 Å². The summed E-state index contributed by atoms with van der Waals surface area (Å²) in [6.07, 6.45) is 1.80. The molecule has 1 fully saturated rings. The van der Waals surface area contributed by atoms with Gasteiger partial charge in [-0.15, -0.1) is 0 Å². The molecule has 1 saturated heterocycles. The summed E-state index contributed by atoms with van der Waals surface area (Å²) in [6, 6.07) is -1.20. The summed E-state index contributed by atoms with van der Waals surface area (Å²) < 4.78 is 32.7. The van der Waals surface area contributed by atoms with Crippen molar-refractivity contribution < 1.29 is 23.1 Å². The van der Waals surface area contributed by atoms with E-state index in [1.165, 1.54) is 11.4 Å². The first-order chi connectivity index (χ1) is 9.32. The molecule has 0 aromatic heterocycles. The Kier molecular flexibility index (Phi) is 6.38. The zero-order chi connectivity index (χ0) is 15.3. The zero-order valence-electron chi connectivity index (χ0n) is 12.3. The molecule has 0 amide bonds. The first kappa shape index (κ1) is 17.4. The highest BCUT2D eigenvalue weighted by Crippen LogP contribution is 2.24. The molecule has 0 aromatic rings. The maximum Gasteiger partial charge on any atom is 0.322 e. The van der Waals surface area contributed by atoms with E-state index < -0.39 is 22.2 Å². The molecule has 7 nitrogen and oxygen atoms in total. The van der Waals surface area contributed by atoms with Crippen LogP contribution in [-0.4, -0.2) is 67.0 Å². The van der Waals surface area contributed by atoms with Gasteiger partial charge in [-0.3, -0.25) is 4.79 Å². The molecule has 1 atom stereocenters. The van der Waals surface area contributed by atoms with E-state index in [-0.39, 0.29) is 25.7 Å². The van der Waals surface area contributed by atoms with E-state index in [9.17, 15) is 18.3 Å². The van der Waals surface area contributed by atoms with Gasteiger partial charge in [-0.1, -0.05) is 0 Å². The number of carbonyl (C=O) groups is 1. The lowest BCUT2D eigenvalue weighted by Crippen LogP contribution is -2.55. The lowest BCUT2D eigenvalue weighted by Gasteiger charge is -2.37. The van der Waals surface area contributed by atoms with Crippen LogP contribution >= 0.6 is 0 Å². The van der Waals surface area contributed by atoms with E-state index in [0.29, 0.717) is 12.8 Å². The highest BCUT2D eigenvalue weighted by Gasteiger charge is 2.40. The smallest absolute Gasteiger partial charge is 0.322 e. The van der Waals surface area contributed by atoms with Crippen molar-refractivity contribution in [2.75, 3.05) is 26.8 Å². The van der Waals surface area contributed by atoms with E-state index in [1.807, 2.05) is 0 Å². The normalized spacial score (nSPS) is 21.6. The van der Waals surface area contributed by atoms with E-state index >= 15 is 0 Å². The van der Waals surface area contributed by atoms with Crippen molar-refractivity contribution in [3.05, 3.63) is 0 Å². The van der Waals surface area contributed by atoms with Crippen molar-refractivity contribution in [2.24, 2.45) is 0 Å². The Morgan fingerprint density at radius 3 is 2.60 bits per heavy atom. The Morgan fingerprint density at radius 1 is 1.45 bits per heavy atom. The predicted molar refractivity (Wildman–Crippen MR) is 74.6 cm³/mol. The molecule has 1 aliphatic heterocycles. The number of carboxylic acids is 1. The third-order valence-corrected chi connectivity index (χ3v) is 5.65. The maximum atomic E-state index is 12.7. The highest BCUT2D eigenvalue weighted by atomic mass is 32.2. The zero-order valence-corrected chi connectivity index (χ0v) is 13.1. The summed E-state index contributed by atoms with van der Waals surface area (Å²) in [5.41, 5.74) is 0. The number of methoxy groups -OCH3 is 1. The summed E-state index contributed by atoms with van der Waals surface area (Å²) in [4.78, 5) is 11.3. The second kappa shape index (κ2) is 7.35. The molecule has 20 heavy (non-hydrogen) atoms. The fraction of sp³-hybridized carbons (Fsp3) is 0.917. The van der Waals surface area contributed by atoms with Gasteiger partial charge in [0.25, 0.3) is 10.2 Å². The van der Waals surface area contributed by atoms with Gasteiger partial charge in [0.2, 0.25) is 0 Å². The van der Waals surface area contributed by atoms with Crippen molar-refractivity contribution in [3.8, 4) is 0 Å². The number of nitrogens with zero attached hydrogens (tertiary/aromatic N) is 2. The number of piperidine rings is 1. The van der Waals surface area contributed by atoms with Gasteiger partial charge in [-0.2, -0.15) is 17.0 Å². The van der Waals surface area contributed by atoms with Crippen LogP contribution in [-0.2, 0) is 19.7 Å². The summed E-state index contributed by atoms with van der Waals surface area (Å²) in [5, 5.41) is 9.22. The molecule has 8 heteroatoms. The minimum absolute atomic E-state index is 0.222. The van der Waals surface area contributed by atoms with Crippen LogP contribution in [0.3, 0.4) is 0 Å². The van der Waals surface area contributed by atoms with Crippen molar-refractivity contribution in [1.82, 2.24) is 8.61 Å². The monoisotopic (exact) mass is 308 g/mol. The second-order valence-electron chi connectivity index (χ2n) is 5.17. The molecule has 1 rings (SSSR count). The van der Waals surface area contributed by atoms with Crippen molar-refractivity contribution in [2.45, 2.75) is 45.2 Å². The van der Waals surface area contributed by atoms with Gasteiger partial charge in [0, 0.05) is 26.2 Å². The number of rotatable bonds is 7. The summed E-state index contributed by atoms with van der Waals surface area (Å²) in [7, 11) is -2.28. The average molecular weight is 308 g/mol. The fourth-order valence-corrected chi connectivity index (χ4v) is 4.37. The summed E-state index contributed by atoms with van der Waals surface area (Å²) >= 11 is 0. The van der Waals surface area contributed by atoms with Crippen molar-refractivity contribution in [3.63, 3.8) is 0 Å². The maximum absolute atomic E-state index is 12.7. The van der Waals surface area contributed by atoms with Crippen LogP contribution in [0.4, 0.5) is 0 Å². The molecule has 0 saturated carbocycles. The minimum atomic E-state index is -3.78. The molecule has 1 heterocycles. The molecule has 1 N–H and O–H groups in total. The van der Waals surface area contributed by atoms with Crippen LogP contribution in [0.5, 0.6) is 0 Å². The number of ether oxygens (including phenoxy) is 1. The molecule has 0 spiro atoms. The molecule has 1 aliphatic rings. The fourth-order valence-electron chi connectivity index (χ4n) is 2.38. The number of aliphatic carboxylic acids is 1. The number of hydrogen-bond acceptors (Lipinski definition) is 4. The Balaban J connectivity index is 3.00. The summed E-state index contributed by atoms with van der Waals surface area (Å²) in [6.45, 7) is 4.30. The Morgan fingerprint density at radius 2 is 2.10 bits per heavy atom. The Labute approximate surface area is 120 Å². The van der Waals surface area contributed by atoms with Crippen molar-refractivity contribution in [1.29, 1.82) is 0 Å². The van der Waals surface area contributed by atoms with Crippen molar-refractivity contribution >= 4 is 16.2 Å². The van der Waals surface area contributed by atoms with Crippen LogP contribution in [0.25, 0.3) is 0 Å². The van der Waals surface area contributed by atoms with Gasteiger partial charge in [0.15, 0.2) is 0 Å². The van der Waals surface area contributed by atoms with Crippen LogP contribution in [0.15, 0.2) is 0 Å².